The molecule has 2 N–H and O–H groups in total. The highest BCUT2D eigenvalue weighted by atomic mass is 79.9. The van der Waals surface area contributed by atoms with Gasteiger partial charge in [-0.3, -0.25) is 9.59 Å². The average Bonchev–Trinajstić information content (AvgIpc) is 3.57. The van der Waals surface area contributed by atoms with E-state index in [2.05, 4.69) is 40.6 Å². The van der Waals surface area contributed by atoms with Crippen molar-refractivity contribution >= 4 is 40.3 Å². The van der Waals surface area contributed by atoms with Gasteiger partial charge in [0.2, 0.25) is 0 Å². The molecule has 4 heterocycles. The molecule has 19 heteroatoms. The normalized spacial score (nSPS) is 14.7. The zero-order chi connectivity index (χ0) is 46.9. The van der Waals surface area contributed by atoms with Gasteiger partial charge in [0.05, 0.1) is 49.8 Å². The first kappa shape index (κ1) is 38.6. The number of methoxy groups -OCH3 is 1. The Morgan fingerprint density at radius 1 is 0.721 bits per heavy atom. The molecule has 0 unspecified atom stereocenters. The van der Waals surface area contributed by atoms with Crippen LogP contribution in [-0.4, -0.2) is 98.5 Å². The Bertz CT molecular complexity index is 2580. The first-order chi connectivity index (χ1) is 30.9. The highest BCUT2D eigenvalue weighted by Gasteiger charge is 2.31. The molecule has 0 atom stereocenters. The summed E-state index contributed by atoms with van der Waals surface area (Å²) in [5.41, 5.74) is 2.44. The van der Waals surface area contributed by atoms with E-state index in [9.17, 15) is 22.8 Å². The lowest BCUT2D eigenvalue weighted by Crippen LogP contribution is -2.32. The number of hydrogen-bond acceptors (Lipinski definition) is 12. The van der Waals surface area contributed by atoms with Crippen LogP contribution in [0.3, 0.4) is 0 Å². The van der Waals surface area contributed by atoms with Crippen molar-refractivity contribution in [1.82, 2.24) is 29.7 Å². The summed E-state index contributed by atoms with van der Waals surface area (Å²) in [4.78, 5) is 44.1. The summed E-state index contributed by atoms with van der Waals surface area (Å²) in [7, 11) is -0.0956. The minimum atomic E-state index is -4.74. The topological polar surface area (TPSA) is 170 Å². The van der Waals surface area contributed by atoms with Gasteiger partial charge in [-0.15, -0.1) is 13.2 Å². The van der Waals surface area contributed by atoms with E-state index in [4.69, 9.17) is 29.7 Å². The maximum absolute atomic E-state index is 13.3. The second-order valence-electron chi connectivity index (χ2n) is 12.5. The molecule has 4 aromatic carbocycles. The lowest BCUT2D eigenvalue weighted by Gasteiger charge is -2.19. The Morgan fingerprint density at radius 3 is 1.69 bits per heavy atom. The third kappa shape index (κ3) is 12.5. The maximum atomic E-state index is 13.3. The molecule has 2 aliphatic heterocycles. The number of fused-ring (bicyclic) bond motifs is 2. The SMILES string of the molecule is OB(O)c1ccc(OC(F)(F)F)cc1.[2H]C([2H])(c1ncccn1)N1CCOc2ccc(-c3ccc(OC)cc3)cc2C1=O.[2H]C([2H])(c1ncccn1)N1CCOc2ccc(Br)cc2C1=O. The quantitative estimate of drug-likeness (QED) is 0.178. The zero-order valence-electron chi connectivity index (χ0n) is 36.0. The van der Waals surface area contributed by atoms with E-state index >= 15 is 0 Å². The predicted molar refractivity (Wildman–Crippen MR) is 220 cm³/mol. The molecule has 314 valence electrons. The molecule has 2 aromatic heterocycles. The van der Waals surface area contributed by atoms with Gasteiger partial charge in [0.25, 0.3) is 11.8 Å². The Labute approximate surface area is 362 Å². The van der Waals surface area contributed by atoms with E-state index in [1.807, 2.05) is 30.3 Å². The first-order valence-electron chi connectivity index (χ1n) is 20.1. The lowest BCUT2D eigenvalue weighted by molar-refractivity contribution is -0.274. The monoisotopic (exact) mass is 904 g/mol. The van der Waals surface area contributed by atoms with Gasteiger partial charge < -0.3 is 38.8 Å². The highest BCUT2D eigenvalue weighted by molar-refractivity contribution is 9.10. The summed E-state index contributed by atoms with van der Waals surface area (Å²) in [5, 5.41) is 17.3. The first-order valence-corrected chi connectivity index (χ1v) is 18.9. The van der Waals surface area contributed by atoms with Gasteiger partial charge in [-0.25, -0.2) is 19.9 Å². The minimum absolute atomic E-state index is 0.0539. The van der Waals surface area contributed by atoms with Crippen LogP contribution in [0.2, 0.25) is 0 Å². The number of alkyl halides is 3. The van der Waals surface area contributed by atoms with Crippen LogP contribution >= 0.6 is 15.9 Å². The van der Waals surface area contributed by atoms with Crippen LogP contribution in [0.1, 0.15) is 37.8 Å². The standard InChI is InChI=1S/C21H19N3O3.C14H12BrN3O2.C7H6BF3O3/c1-26-17-6-3-15(4-7-17)16-5-8-19-18(13-16)21(25)24(11-12-27-19)14-20-22-9-2-10-23-20;15-10-2-3-12-11(8-10)14(19)18(6-7-20-12)9-13-16-4-1-5-17-13;9-7(10,11)14-6-3-1-5(2-4-6)8(12)13/h2-10,13H,11-12,14H2,1H3;1-5,8H,6-7,9H2;1-4,12-13H/i14D2;9D2;. The summed E-state index contributed by atoms with van der Waals surface area (Å²) >= 11 is 3.31. The molecular formula is C42H37BBrF3N6O8. The molecule has 61 heavy (non-hydrogen) atoms. The second-order valence-corrected chi connectivity index (χ2v) is 13.5. The molecule has 2 amide bonds. The van der Waals surface area contributed by atoms with Crippen molar-refractivity contribution in [2.24, 2.45) is 0 Å². The van der Waals surface area contributed by atoms with E-state index in [0.717, 1.165) is 55.4 Å². The Morgan fingerprint density at radius 2 is 1.20 bits per heavy atom. The number of benzene rings is 4. The van der Waals surface area contributed by atoms with Gasteiger partial charge in [-0.05, 0) is 83.3 Å². The fourth-order valence-electron chi connectivity index (χ4n) is 5.58. The third-order valence-corrected chi connectivity index (χ3v) is 8.95. The third-order valence-electron chi connectivity index (χ3n) is 8.45. The van der Waals surface area contributed by atoms with Gasteiger partial charge in [-0.2, -0.15) is 0 Å². The Kier molecular flexibility index (Phi) is 13.0. The van der Waals surface area contributed by atoms with Crippen molar-refractivity contribution in [3.8, 4) is 34.1 Å². The number of amides is 2. The van der Waals surface area contributed by atoms with Gasteiger partial charge in [0.1, 0.15) is 47.9 Å². The summed E-state index contributed by atoms with van der Waals surface area (Å²) in [6.07, 6.45) is 1.07. The van der Waals surface area contributed by atoms with E-state index < -0.39 is 44.0 Å². The van der Waals surface area contributed by atoms with Crippen molar-refractivity contribution in [3.05, 3.63) is 149 Å². The molecule has 0 saturated heterocycles. The maximum Gasteiger partial charge on any atom is 0.573 e. The predicted octanol–water partition coefficient (Wildman–Crippen LogP) is 5.73. The summed E-state index contributed by atoms with van der Waals surface area (Å²) in [5.74, 6) is 0.175. The minimum Gasteiger partial charge on any atom is -0.497 e. The average molecular weight is 906 g/mol. The van der Waals surface area contributed by atoms with Crippen LogP contribution in [0.5, 0.6) is 23.0 Å². The Hall–Kier alpha value is -6.57. The van der Waals surface area contributed by atoms with E-state index in [1.54, 1.807) is 49.6 Å². The number of ether oxygens (including phenoxy) is 4. The van der Waals surface area contributed by atoms with Crippen LogP contribution in [0, 0.1) is 0 Å². The molecule has 0 radical (unpaired) electrons. The van der Waals surface area contributed by atoms with Gasteiger partial charge >= 0.3 is 13.5 Å². The molecule has 0 saturated carbocycles. The molecule has 0 bridgehead atoms. The molecule has 0 spiro atoms. The zero-order valence-corrected chi connectivity index (χ0v) is 33.6. The van der Waals surface area contributed by atoms with Crippen LogP contribution in [0.4, 0.5) is 13.2 Å². The van der Waals surface area contributed by atoms with E-state index in [1.165, 1.54) is 24.8 Å². The van der Waals surface area contributed by atoms with Gasteiger partial charge in [-0.1, -0.05) is 46.3 Å². The van der Waals surface area contributed by atoms with Crippen molar-refractivity contribution in [2.75, 3.05) is 33.4 Å². The van der Waals surface area contributed by atoms with Crippen molar-refractivity contribution < 1.29 is 57.2 Å². The summed E-state index contributed by atoms with van der Waals surface area (Å²) in [6, 6.07) is 25.4. The number of nitrogens with zero attached hydrogens (tertiary/aromatic N) is 6. The van der Waals surface area contributed by atoms with Crippen LogP contribution in [-0.2, 0) is 13.0 Å². The van der Waals surface area contributed by atoms with Crippen molar-refractivity contribution in [3.63, 3.8) is 0 Å². The number of halogens is 4. The van der Waals surface area contributed by atoms with Gasteiger partial charge in [0.15, 0.2) is 0 Å². The van der Waals surface area contributed by atoms with Crippen molar-refractivity contribution in [2.45, 2.75) is 19.4 Å². The number of hydrogen-bond donors (Lipinski definition) is 2. The number of carbonyl (C=O) groups is 2. The van der Waals surface area contributed by atoms with Crippen LogP contribution in [0.15, 0.2) is 126 Å². The molecule has 0 aliphatic carbocycles. The van der Waals surface area contributed by atoms with E-state index in [-0.39, 0.29) is 43.4 Å². The molecule has 14 nitrogen and oxygen atoms in total. The molecule has 6 aromatic rings. The number of rotatable bonds is 8. The second kappa shape index (κ2) is 20.6. The number of carbonyl (C=O) groups excluding carboxylic acids is 2. The molecule has 2 aliphatic rings. The Balaban J connectivity index is 0.000000172. The molecular weight excluding hydrogens is 864 g/mol. The fraction of sp³-hybridized carbons (Fsp3) is 0.190. The van der Waals surface area contributed by atoms with Crippen LogP contribution in [0.25, 0.3) is 11.1 Å². The lowest BCUT2D eigenvalue weighted by atomic mass is 9.80. The highest BCUT2D eigenvalue weighted by Crippen LogP contribution is 2.31. The summed E-state index contributed by atoms with van der Waals surface area (Å²) < 4.78 is 89.3. The smallest absolute Gasteiger partial charge is 0.497 e. The molecule has 8 rings (SSSR count). The molecule has 0 fully saturated rings. The van der Waals surface area contributed by atoms with Crippen molar-refractivity contribution in [1.29, 1.82) is 0 Å². The number of aromatic nitrogens is 4. The fourth-order valence-corrected chi connectivity index (χ4v) is 5.94. The van der Waals surface area contributed by atoms with Gasteiger partial charge in [0, 0.05) is 29.3 Å². The van der Waals surface area contributed by atoms with E-state index in [0.29, 0.717) is 22.6 Å². The summed E-state index contributed by atoms with van der Waals surface area (Å²) in [6.45, 7) is -3.72. The largest absolute Gasteiger partial charge is 0.573 e. The van der Waals surface area contributed by atoms with Crippen LogP contribution < -0.4 is 24.4 Å².